The van der Waals surface area contributed by atoms with E-state index in [-0.39, 0.29) is 6.42 Å². The first-order chi connectivity index (χ1) is 8.42. The molecule has 1 aromatic heterocycles. The summed E-state index contributed by atoms with van der Waals surface area (Å²) >= 11 is 0. The van der Waals surface area contributed by atoms with Crippen LogP contribution < -0.4 is 11.1 Å². The fourth-order valence-electron chi connectivity index (χ4n) is 1.06. The lowest BCUT2D eigenvalue weighted by atomic mass is 10.3. The summed E-state index contributed by atoms with van der Waals surface area (Å²) in [6.45, 7) is 0. The Hall–Kier alpha value is -1.96. The third-order valence-electron chi connectivity index (χ3n) is 1.94. The van der Waals surface area contributed by atoms with Crippen molar-refractivity contribution in [2.75, 3.05) is 11.1 Å². The van der Waals surface area contributed by atoms with E-state index in [4.69, 9.17) is 0 Å². The number of hydrogen-bond acceptors (Lipinski definition) is 5. The first-order valence-electron chi connectivity index (χ1n) is 4.99. The fraction of sp³-hybridized carbons (Fsp3) is 0.200. The molecular weight excluding hydrogens is 258 g/mol. The van der Waals surface area contributed by atoms with Gasteiger partial charge in [-0.15, -0.1) is 0 Å². The van der Waals surface area contributed by atoms with Crippen molar-refractivity contribution < 1.29 is 18.0 Å². The normalized spacial score (nSPS) is 10.9. The van der Waals surface area contributed by atoms with Crippen LogP contribution in [0.2, 0.25) is 0 Å². The largest absolute Gasteiger partial charge is 0.356 e. The van der Waals surface area contributed by atoms with Crippen molar-refractivity contribution in [1.29, 1.82) is 0 Å². The Labute approximate surface area is 104 Å². The van der Waals surface area contributed by atoms with Gasteiger partial charge in [0.15, 0.2) is 0 Å². The summed E-state index contributed by atoms with van der Waals surface area (Å²) in [5.41, 5.74) is 4.66. The number of nitrogens with one attached hydrogen (secondary N) is 1. The van der Waals surface area contributed by atoms with Crippen LogP contribution in [-0.2, 0) is 14.6 Å². The smallest absolute Gasteiger partial charge is 0.333 e. The van der Waals surface area contributed by atoms with Crippen molar-refractivity contribution in [1.82, 2.24) is 4.98 Å². The van der Waals surface area contributed by atoms with E-state index in [2.05, 4.69) is 16.0 Å². The molecule has 1 aromatic rings. The second kappa shape index (κ2) is 6.10. The average molecular weight is 270 g/mol. The van der Waals surface area contributed by atoms with E-state index in [9.17, 15) is 18.0 Å². The zero-order valence-corrected chi connectivity index (χ0v) is 10.2. The van der Waals surface area contributed by atoms with Gasteiger partial charge in [-0.2, -0.15) is 0 Å². The molecule has 0 aromatic carbocycles. The number of sulfone groups is 1. The fourth-order valence-corrected chi connectivity index (χ4v) is 1.69. The highest BCUT2D eigenvalue weighted by Crippen LogP contribution is 2.02. The van der Waals surface area contributed by atoms with Gasteiger partial charge in [0.25, 0.3) is 0 Å². The Morgan fingerprint density at radius 2 is 2.11 bits per heavy atom. The maximum absolute atomic E-state index is 11.4. The SMILES string of the molecule is NC(=O)S(=O)(=O)CC[CH]C(=O)Nc1ccccn1. The molecule has 7 nitrogen and oxygen atoms in total. The predicted molar refractivity (Wildman–Crippen MR) is 65.2 cm³/mol. The Morgan fingerprint density at radius 3 is 2.67 bits per heavy atom. The summed E-state index contributed by atoms with van der Waals surface area (Å²) in [5.74, 6) is -0.622. The van der Waals surface area contributed by atoms with E-state index < -0.39 is 26.7 Å². The molecule has 0 bridgehead atoms. The molecule has 0 saturated carbocycles. The van der Waals surface area contributed by atoms with Crippen molar-refractivity contribution in [3.8, 4) is 0 Å². The molecule has 0 unspecified atom stereocenters. The van der Waals surface area contributed by atoms with Gasteiger partial charge in [-0.3, -0.25) is 9.59 Å². The minimum absolute atomic E-state index is 0.0933. The van der Waals surface area contributed by atoms with Gasteiger partial charge < -0.3 is 11.1 Å². The lowest BCUT2D eigenvalue weighted by Crippen LogP contribution is -2.25. The summed E-state index contributed by atoms with van der Waals surface area (Å²) in [7, 11) is -3.95. The molecule has 97 valence electrons. The van der Waals surface area contributed by atoms with Crippen LogP contribution in [0.3, 0.4) is 0 Å². The van der Waals surface area contributed by atoms with Gasteiger partial charge >= 0.3 is 5.24 Å². The lowest BCUT2D eigenvalue weighted by molar-refractivity contribution is -0.113. The maximum Gasteiger partial charge on any atom is 0.333 e. The Kier molecular flexibility index (Phi) is 4.78. The number of primary amides is 1. The van der Waals surface area contributed by atoms with Crippen molar-refractivity contribution >= 4 is 26.8 Å². The number of carbonyl (C=O) groups excluding carboxylic acids is 2. The molecule has 0 aliphatic heterocycles. The molecule has 2 amide bonds. The number of anilines is 1. The molecule has 1 radical (unpaired) electrons. The number of carbonyl (C=O) groups is 2. The lowest BCUT2D eigenvalue weighted by Gasteiger charge is -2.03. The number of nitrogens with zero attached hydrogens (tertiary/aromatic N) is 1. The van der Waals surface area contributed by atoms with Crippen molar-refractivity contribution in [2.24, 2.45) is 5.73 Å². The molecule has 0 aliphatic carbocycles. The minimum Gasteiger partial charge on any atom is -0.356 e. The summed E-state index contributed by atoms with van der Waals surface area (Å²) in [6, 6.07) is 4.98. The highest BCUT2D eigenvalue weighted by molar-refractivity contribution is 8.05. The molecule has 0 aliphatic rings. The first kappa shape index (κ1) is 14.1. The second-order valence-electron chi connectivity index (χ2n) is 3.33. The zero-order valence-electron chi connectivity index (χ0n) is 9.37. The highest BCUT2D eigenvalue weighted by Gasteiger charge is 2.18. The molecule has 0 fully saturated rings. The molecule has 0 saturated heterocycles. The van der Waals surface area contributed by atoms with Crippen LogP contribution in [0.1, 0.15) is 6.42 Å². The average Bonchev–Trinajstić information content (AvgIpc) is 2.29. The van der Waals surface area contributed by atoms with Crippen LogP contribution in [0.4, 0.5) is 10.6 Å². The van der Waals surface area contributed by atoms with E-state index in [1.807, 2.05) is 0 Å². The van der Waals surface area contributed by atoms with Crippen LogP contribution in [0, 0.1) is 6.42 Å². The number of hydrogen-bond donors (Lipinski definition) is 2. The maximum atomic E-state index is 11.4. The van der Waals surface area contributed by atoms with Crippen LogP contribution in [-0.4, -0.2) is 30.3 Å². The zero-order chi connectivity index (χ0) is 13.6. The number of pyridine rings is 1. The Bertz CT molecular complexity index is 527. The number of rotatable bonds is 5. The molecule has 0 spiro atoms. The van der Waals surface area contributed by atoms with Crippen molar-refractivity contribution in [3.05, 3.63) is 30.8 Å². The van der Waals surface area contributed by atoms with Gasteiger partial charge in [-0.25, -0.2) is 13.4 Å². The monoisotopic (exact) mass is 270 g/mol. The number of amides is 2. The van der Waals surface area contributed by atoms with Crippen molar-refractivity contribution in [2.45, 2.75) is 6.42 Å². The van der Waals surface area contributed by atoms with Gasteiger partial charge in [0.2, 0.25) is 15.7 Å². The highest BCUT2D eigenvalue weighted by atomic mass is 32.2. The molecule has 3 N–H and O–H groups in total. The Balaban J connectivity index is 2.37. The van der Waals surface area contributed by atoms with E-state index >= 15 is 0 Å². The Morgan fingerprint density at radius 1 is 1.39 bits per heavy atom. The summed E-state index contributed by atoms with van der Waals surface area (Å²) in [5, 5.41) is 1.05. The van der Waals surface area contributed by atoms with Gasteiger partial charge in [0, 0.05) is 6.20 Å². The van der Waals surface area contributed by atoms with Gasteiger partial charge in [0.05, 0.1) is 12.2 Å². The molecule has 8 heteroatoms. The third kappa shape index (κ3) is 4.50. The summed E-state index contributed by atoms with van der Waals surface area (Å²) in [4.78, 5) is 25.7. The number of nitrogens with two attached hydrogens (primary N) is 1. The predicted octanol–water partition coefficient (Wildman–Crippen LogP) is 0.108. The second-order valence-corrected chi connectivity index (χ2v) is 5.38. The van der Waals surface area contributed by atoms with Crippen LogP contribution in [0.5, 0.6) is 0 Å². The van der Waals surface area contributed by atoms with Crippen LogP contribution in [0.15, 0.2) is 24.4 Å². The van der Waals surface area contributed by atoms with E-state index in [1.165, 1.54) is 6.20 Å². The van der Waals surface area contributed by atoms with E-state index in [0.717, 1.165) is 6.42 Å². The first-order valence-corrected chi connectivity index (χ1v) is 6.64. The molecular formula is C10H12N3O4S. The van der Waals surface area contributed by atoms with Crippen LogP contribution in [0.25, 0.3) is 0 Å². The number of aromatic nitrogens is 1. The molecule has 0 atom stereocenters. The molecule has 1 heterocycles. The molecule has 18 heavy (non-hydrogen) atoms. The van der Waals surface area contributed by atoms with Gasteiger partial charge in [-0.1, -0.05) is 6.07 Å². The minimum atomic E-state index is -3.95. The van der Waals surface area contributed by atoms with Gasteiger partial charge in [-0.05, 0) is 18.6 Å². The van der Waals surface area contributed by atoms with Crippen molar-refractivity contribution in [3.63, 3.8) is 0 Å². The quantitative estimate of drug-likeness (QED) is 0.786. The summed E-state index contributed by atoms with van der Waals surface area (Å²) < 4.78 is 22.1. The topological polar surface area (TPSA) is 119 Å². The summed E-state index contributed by atoms with van der Waals surface area (Å²) in [6.07, 6.45) is 2.53. The van der Waals surface area contributed by atoms with E-state index in [1.54, 1.807) is 18.2 Å². The third-order valence-corrected chi connectivity index (χ3v) is 3.33. The molecule has 1 rings (SSSR count). The van der Waals surface area contributed by atoms with Crippen LogP contribution >= 0.6 is 0 Å². The van der Waals surface area contributed by atoms with E-state index in [0.29, 0.717) is 5.82 Å². The standard InChI is InChI=1S/C10H12N3O4S/c11-10(15)18(16,17)7-3-5-9(14)13-8-4-1-2-6-12-8/h1-2,4-6H,3,7H2,(H2,11,15)(H,12,13,14). The van der Waals surface area contributed by atoms with Gasteiger partial charge in [0.1, 0.15) is 5.82 Å².